The molecule has 60 heavy (non-hydrogen) atoms. The van der Waals surface area contributed by atoms with Crippen LogP contribution in [0.25, 0.3) is 11.2 Å². The number of nitrogen functional groups attached to an aromatic ring is 1. The predicted molar refractivity (Wildman–Crippen MR) is 201 cm³/mol. The number of carbonyl (C=O) groups excluding carboxylic acids is 4. The number of nitrogens with two attached hydrogens (primary N) is 1. The summed E-state index contributed by atoms with van der Waals surface area (Å²) in [5.41, 5.74) is 4.03. The first-order chi connectivity index (χ1) is 27.9. The molecule has 1 aliphatic heterocycles. The van der Waals surface area contributed by atoms with Gasteiger partial charge in [-0.25, -0.2) is 19.3 Å². The largest absolute Gasteiger partial charge is 0.790 e. The fourth-order valence-electron chi connectivity index (χ4n) is 5.27. The minimum Gasteiger partial charge on any atom is -0.790 e. The first kappa shape index (κ1) is 51.3. The van der Waals surface area contributed by atoms with Gasteiger partial charge >= 0.3 is 0 Å². The smallest absolute Gasteiger partial charge is 0.274 e. The topological polar surface area (TPSA) is 392 Å². The Morgan fingerprint density at radius 1 is 1.05 bits per heavy atom. The Morgan fingerprint density at radius 3 is 2.43 bits per heavy atom. The van der Waals surface area contributed by atoms with Crippen molar-refractivity contribution in [1.29, 1.82) is 0 Å². The monoisotopic (exact) mass is 929 g/mol. The molecule has 29 heteroatoms. The first-order valence-electron chi connectivity index (χ1n) is 18.1. The number of nitrogens with one attached hydrogen (secondary N) is 2. The van der Waals surface area contributed by atoms with Crippen LogP contribution in [-0.2, 0) is 55.5 Å². The van der Waals surface area contributed by atoms with Gasteiger partial charge < -0.3 is 69.0 Å². The summed E-state index contributed by atoms with van der Waals surface area (Å²) in [4.78, 5) is 108. The molecule has 2 amide bonds. The van der Waals surface area contributed by atoms with Gasteiger partial charge in [0.05, 0.1) is 33.8 Å². The molecule has 2 aromatic heterocycles. The van der Waals surface area contributed by atoms with Gasteiger partial charge in [0.1, 0.15) is 42.0 Å². The van der Waals surface area contributed by atoms with Crippen LogP contribution in [0.5, 0.6) is 0 Å². The molecule has 2 aromatic rings. The molecule has 3 heterocycles. The standard InChI is InChI=1S/C31H50N7O18P3S/c1-4-5-6-7-8-9-19(39)14-22(41)60-13-12-33-21(40)10-11-34-29(44)26(43)31(2,3)16-53-59(50,51)56-58(48,49)52-15-20-25(55-57(45,46)47)24(42)30(54-20)38-18-37-23-27(32)35-17-36-28(23)38/h5-6,17-18,20,24-26,30,42-43H,4,7-16H2,1-3H3,(H,33,40)(H,34,44)(H,48,49)(H,50,51)(H2,32,35,36)(H2,45,46,47)/p-4/b6-5-/t20-,24-,25-,26+,30-/m1/s1. The number of ketones is 1. The van der Waals surface area contributed by atoms with Crippen LogP contribution >= 0.6 is 35.2 Å². The number of rotatable bonds is 26. The van der Waals surface area contributed by atoms with Gasteiger partial charge in [-0.15, -0.1) is 0 Å². The van der Waals surface area contributed by atoms with E-state index >= 15 is 0 Å². The number of Topliss-reactive ketones (excluding diaryl/α,β-unsaturated/α-hetero) is 1. The number of anilines is 1. The third-order valence-electron chi connectivity index (χ3n) is 8.31. The molecule has 0 aliphatic carbocycles. The average molecular weight is 930 g/mol. The van der Waals surface area contributed by atoms with Gasteiger partial charge in [-0.2, -0.15) is 0 Å². The molecular weight excluding hydrogens is 883 g/mol. The number of aliphatic hydroxyl groups excluding tert-OH is 2. The van der Waals surface area contributed by atoms with Gasteiger partial charge in [0.15, 0.2) is 22.8 Å². The zero-order valence-corrected chi connectivity index (χ0v) is 36.0. The van der Waals surface area contributed by atoms with Gasteiger partial charge in [0.25, 0.3) is 15.6 Å². The maximum Gasteiger partial charge on any atom is 0.274 e. The second kappa shape index (κ2) is 22.9. The molecule has 2 unspecified atom stereocenters. The maximum absolute atomic E-state index is 12.6. The molecule has 0 saturated carbocycles. The SMILES string of the molecule is CC/C=C\CCCC(=O)CC(=O)SCCNC(=O)CCNC(=O)[C@H](O)C(C)(C)COP(=O)([O-])OP(=O)([O-])OC[C@H]1O[C@@H](n2cnc3c(N)ncnc32)[C@H](O)[C@@H]1OP(=O)([O-])[O-]. The van der Waals surface area contributed by atoms with Crippen molar-refractivity contribution >= 4 is 74.9 Å². The van der Waals surface area contributed by atoms with E-state index < -0.39 is 84.6 Å². The molecule has 0 radical (unpaired) electrons. The lowest BCUT2D eigenvalue weighted by Crippen LogP contribution is -2.46. The molecule has 1 fully saturated rings. The predicted octanol–water partition coefficient (Wildman–Crippen LogP) is -1.77. The zero-order chi connectivity index (χ0) is 44.9. The lowest BCUT2D eigenvalue weighted by molar-refractivity contribution is -0.347. The van der Waals surface area contributed by atoms with E-state index in [0.29, 0.717) is 12.8 Å². The maximum atomic E-state index is 12.6. The van der Waals surface area contributed by atoms with Crippen LogP contribution in [0.15, 0.2) is 24.8 Å². The summed E-state index contributed by atoms with van der Waals surface area (Å²) in [5.74, 6) is -1.59. The number of amides is 2. The molecule has 1 saturated heterocycles. The molecule has 338 valence electrons. The number of hydrogen-bond acceptors (Lipinski definition) is 23. The number of aromatic nitrogens is 4. The van der Waals surface area contributed by atoms with Crippen LogP contribution in [0.4, 0.5) is 5.82 Å². The van der Waals surface area contributed by atoms with Crippen molar-refractivity contribution in [3.8, 4) is 0 Å². The highest BCUT2D eigenvalue weighted by atomic mass is 32.2. The van der Waals surface area contributed by atoms with E-state index in [4.69, 9.17) is 10.5 Å². The minimum atomic E-state index is -5.93. The highest BCUT2D eigenvalue weighted by Gasteiger charge is 2.47. The highest BCUT2D eigenvalue weighted by Crippen LogP contribution is 2.56. The van der Waals surface area contributed by atoms with Crippen molar-refractivity contribution in [2.75, 3.05) is 37.8 Å². The number of thioether (sulfide) groups is 1. The number of ether oxygens (including phenoxy) is 1. The number of phosphoric ester groups is 3. The number of carbonyl (C=O) groups is 4. The van der Waals surface area contributed by atoms with E-state index in [1.54, 1.807) is 0 Å². The molecule has 3 rings (SSSR count). The molecule has 0 bridgehead atoms. The number of nitrogens with zero attached hydrogens (tertiary/aromatic N) is 4. The van der Waals surface area contributed by atoms with Crippen LogP contribution < -0.4 is 35.9 Å². The van der Waals surface area contributed by atoms with Crippen LogP contribution in [0, 0.1) is 5.41 Å². The number of fused-ring (bicyclic) bond motifs is 1. The number of unbranched alkanes of at least 4 members (excludes halogenated alkanes) is 1. The summed E-state index contributed by atoms with van der Waals surface area (Å²) >= 11 is 0.899. The van der Waals surface area contributed by atoms with Gasteiger partial charge in [0, 0.05) is 37.1 Å². The summed E-state index contributed by atoms with van der Waals surface area (Å²) in [6.07, 6.45) is -1.31. The third-order valence-corrected chi connectivity index (χ3v) is 12.2. The Hall–Kier alpha value is -3.03. The zero-order valence-electron chi connectivity index (χ0n) is 32.5. The second-order valence-corrected chi connectivity index (χ2v) is 18.9. The Kier molecular flexibility index (Phi) is 19.6. The molecule has 7 atom stereocenters. The molecular formula is C31H46N7O18P3S-4. The Labute approximate surface area is 347 Å². The van der Waals surface area contributed by atoms with E-state index in [9.17, 15) is 62.7 Å². The minimum absolute atomic E-state index is 0.0276. The second-order valence-electron chi connectivity index (χ2n) is 13.7. The van der Waals surface area contributed by atoms with E-state index in [2.05, 4.69) is 43.5 Å². The third kappa shape index (κ3) is 16.7. The first-order valence-corrected chi connectivity index (χ1v) is 23.5. The molecule has 0 aromatic carbocycles. The van der Waals surface area contributed by atoms with Crippen molar-refractivity contribution in [1.82, 2.24) is 30.2 Å². The van der Waals surface area contributed by atoms with Gasteiger partial charge in [-0.05, 0) is 19.3 Å². The number of phosphoric acid groups is 3. The van der Waals surface area contributed by atoms with E-state index in [-0.39, 0.29) is 59.6 Å². The molecule has 0 spiro atoms. The van der Waals surface area contributed by atoms with Gasteiger partial charge in [0.2, 0.25) is 11.8 Å². The molecule has 25 nitrogen and oxygen atoms in total. The number of imidazole rings is 1. The molecule has 1 aliphatic rings. The van der Waals surface area contributed by atoms with Crippen LogP contribution in [0.2, 0.25) is 0 Å². The van der Waals surface area contributed by atoms with Crippen LogP contribution in [0.3, 0.4) is 0 Å². The Balaban J connectivity index is 1.43. The van der Waals surface area contributed by atoms with E-state index in [1.165, 1.54) is 13.8 Å². The van der Waals surface area contributed by atoms with E-state index in [0.717, 1.165) is 41.8 Å². The van der Waals surface area contributed by atoms with Crippen molar-refractivity contribution in [2.24, 2.45) is 5.41 Å². The lowest BCUT2D eigenvalue weighted by Gasteiger charge is -2.36. The number of allylic oxidation sites excluding steroid dienone is 2. The summed E-state index contributed by atoms with van der Waals surface area (Å²) in [6.45, 7) is 1.91. The Morgan fingerprint density at radius 2 is 1.75 bits per heavy atom. The quantitative estimate of drug-likeness (QED) is 0.0302. The fraction of sp³-hybridized carbons (Fsp3) is 0.645. The van der Waals surface area contributed by atoms with Gasteiger partial charge in [-0.3, -0.25) is 32.9 Å². The summed E-state index contributed by atoms with van der Waals surface area (Å²) in [7, 11) is -17.6. The summed E-state index contributed by atoms with van der Waals surface area (Å²) in [5, 5.41) is 25.9. The van der Waals surface area contributed by atoms with Crippen molar-refractivity contribution in [3.05, 3.63) is 24.8 Å². The van der Waals surface area contributed by atoms with Crippen molar-refractivity contribution in [2.45, 2.75) is 89.9 Å². The summed E-state index contributed by atoms with van der Waals surface area (Å²) < 4.78 is 60.5. The normalized spacial score (nSPS) is 21.1. The highest BCUT2D eigenvalue weighted by molar-refractivity contribution is 8.13. The summed E-state index contributed by atoms with van der Waals surface area (Å²) in [6, 6.07) is 0. The fourth-order valence-corrected chi connectivity index (χ4v) is 8.70. The Bertz CT molecular complexity index is 1980. The number of aliphatic hydroxyl groups is 2. The van der Waals surface area contributed by atoms with E-state index in [1.807, 2.05) is 19.1 Å². The average Bonchev–Trinajstić information content (AvgIpc) is 3.71. The van der Waals surface area contributed by atoms with Crippen molar-refractivity contribution < 1.29 is 85.3 Å². The van der Waals surface area contributed by atoms with Crippen molar-refractivity contribution in [3.63, 3.8) is 0 Å². The lowest BCUT2D eigenvalue weighted by atomic mass is 9.87. The van der Waals surface area contributed by atoms with Crippen LogP contribution in [-0.4, -0.2) is 109 Å². The van der Waals surface area contributed by atoms with Crippen LogP contribution in [0.1, 0.15) is 65.5 Å². The number of hydrogen-bond donors (Lipinski definition) is 5. The van der Waals surface area contributed by atoms with Gasteiger partial charge in [-0.1, -0.05) is 44.7 Å². The molecule has 6 N–H and O–H groups in total.